The lowest BCUT2D eigenvalue weighted by atomic mass is 9.77. The molecule has 0 heterocycles. The van der Waals surface area contributed by atoms with Gasteiger partial charge >= 0.3 is 0 Å². The van der Waals surface area contributed by atoms with Gasteiger partial charge in [-0.25, -0.2) is 0 Å². The predicted molar refractivity (Wildman–Crippen MR) is 109 cm³/mol. The molecule has 25 heavy (non-hydrogen) atoms. The standard InChI is InChI=1S/C24H29N/c1-3-16-25(17-4-2)24-11-7-10-20-22-13-12-18-8-5-6-9-19(18)21(22)14-15-23(20)24/h5-10,12-13,24H,3-4,11,14-17H2,1-2H3. The molecule has 0 amide bonds. The first kappa shape index (κ1) is 16.6. The van der Waals surface area contributed by atoms with Crippen molar-refractivity contribution in [3.05, 3.63) is 65.3 Å². The van der Waals surface area contributed by atoms with Gasteiger partial charge in [-0.05, 0) is 78.2 Å². The van der Waals surface area contributed by atoms with Gasteiger partial charge in [-0.3, -0.25) is 4.90 Å². The minimum absolute atomic E-state index is 0.611. The van der Waals surface area contributed by atoms with Crippen LogP contribution in [0.15, 0.2) is 54.1 Å². The van der Waals surface area contributed by atoms with Crippen LogP contribution >= 0.6 is 0 Å². The Morgan fingerprint density at radius 1 is 0.960 bits per heavy atom. The number of hydrogen-bond acceptors (Lipinski definition) is 1. The van der Waals surface area contributed by atoms with Gasteiger partial charge in [0.2, 0.25) is 0 Å². The van der Waals surface area contributed by atoms with Gasteiger partial charge in [0.1, 0.15) is 0 Å². The molecule has 1 heteroatoms. The number of rotatable bonds is 5. The van der Waals surface area contributed by atoms with Gasteiger partial charge in [0.05, 0.1) is 0 Å². The van der Waals surface area contributed by atoms with E-state index < -0.39 is 0 Å². The maximum atomic E-state index is 2.73. The number of aryl methyl sites for hydroxylation is 1. The fraction of sp³-hybridized carbons (Fsp3) is 0.417. The third-order valence-corrected chi connectivity index (χ3v) is 5.83. The molecule has 0 saturated heterocycles. The van der Waals surface area contributed by atoms with Crippen molar-refractivity contribution in [1.82, 2.24) is 4.90 Å². The highest BCUT2D eigenvalue weighted by Gasteiger charge is 2.29. The molecule has 0 aromatic heterocycles. The lowest BCUT2D eigenvalue weighted by Crippen LogP contribution is -2.39. The molecule has 0 N–H and O–H groups in total. The lowest BCUT2D eigenvalue weighted by Gasteiger charge is -2.38. The van der Waals surface area contributed by atoms with Gasteiger partial charge in [-0.2, -0.15) is 0 Å². The number of nitrogens with zero attached hydrogens (tertiary/aromatic N) is 1. The largest absolute Gasteiger partial charge is 0.296 e. The molecular weight excluding hydrogens is 302 g/mol. The van der Waals surface area contributed by atoms with Gasteiger partial charge in [-0.1, -0.05) is 62.4 Å². The van der Waals surface area contributed by atoms with Gasteiger partial charge in [0.25, 0.3) is 0 Å². The zero-order valence-corrected chi connectivity index (χ0v) is 15.6. The van der Waals surface area contributed by atoms with Crippen molar-refractivity contribution in [3.8, 4) is 0 Å². The van der Waals surface area contributed by atoms with Crippen LogP contribution in [-0.4, -0.2) is 24.0 Å². The van der Waals surface area contributed by atoms with Crippen LogP contribution in [0.3, 0.4) is 0 Å². The average Bonchev–Trinajstić information content (AvgIpc) is 2.67. The summed E-state index contributed by atoms with van der Waals surface area (Å²) in [7, 11) is 0. The molecule has 130 valence electrons. The summed E-state index contributed by atoms with van der Waals surface area (Å²) >= 11 is 0. The Morgan fingerprint density at radius 2 is 1.76 bits per heavy atom. The Bertz CT molecular complexity index is 821. The summed E-state index contributed by atoms with van der Waals surface area (Å²) in [4.78, 5) is 2.73. The van der Waals surface area contributed by atoms with E-state index in [9.17, 15) is 0 Å². The number of fused-ring (bicyclic) bond motifs is 4. The summed E-state index contributed by atoms with van der Waals surface area (Å²) in [5, 5.41) is 2.82. The molecule has 1 nitrogen and oxygen atoms in total. The molecule has 0 radical (unpaired) electrons. The van der Waals surface area contributed by atoms with Crippen LogP contribution in [0, 0.1) is 0 Å². The molecule has 2 aliphatic carbocycles. The van der Waals surface area contributed by atoms with Gasteiger partial charge in [-0.15, -0.1) is 0 Å². The van der Waals surface area contributed by atoms with Gasteiger partial charge in [0.15, 0.2) is 0 Å². The molecule has 4 rings (SSSR count). The Balaban J connectivity index is 1.79. The van der Waals surface area contributed by atoms with E-state index in [1.54, 1.807) is 11.1 Å². The van der Waals surface area contributed by atoms with Crippen LogP contribution in [0.4, 0.5) is 0 Å². The van der Waals surface area contributed by atoms with Crippen molar-refractivity contribution < 1.29 is 0 Å². The first-order valence-electron chi connectivity index (χ1n) is 9.98. The number of hydrogen-bond donors (Lipinski definition) is 0. The van der Waals surface area contributed by atoms with E-state index in [4.69, 9.17) is 0 Å². The lowest BCUT2D eigenvalue weighted by molar-refractivity contribution is 0.218. The van der Waals surface area contributed by atoms with E-state index >= 15 is 0 Å². The highest BCUT2D eigenvalue weighted by molar-refractivity contribution is 5.94. The molecule has 0 bridgehead atoms. The second-order valence-electron chi connectivity index (χ2n) is 7.44. The Kier molecular flexibility index (Phi) is 4.76. The van der Waals surface area contributed by atoms with Crippen LogP contribution in [0.1, 0.15) is 50.7 Å². The topological polar surface area (TPSA) is 3.24 Å². The minimum Gasteiger partial charge on any atom is -0.296 e. The van der Waals surface area contributed by atoms with Crippen molar-refractivity contribution in [3.63, 3.8) is 0 Å². The van der Waals surface area contributed by atoms with E-state index in [2.05, 4.69) is 67.3 Å². The smallest absolute Gasteiger partial charge is 0.0351 e. The normalized spacial score (nSPS) is 19.4. The minimum atomic E-state index is 0.611. The Hall–Kier alpha value is -1.86. The van der Waals surface area contributed by atoms with E-state index in [1.807, 2.05) is 0 Å². The van der Waals surface area contributed by atoms with E-state index in [1.165, 1.54) is 67.1 Å². The molecule has 2 aromatic carbocycles. The molecule has 1 atom stereocenters. The second-order valence-corrected chi connectivity index (χ2v) is 7.44. The molecular formula is C24H29N. The Labute approximate surface area is 152 Å². The summed E-state index contributed by atoms with van der Waals surface area (Å²) in [5.74, 6) is 0. The summed E-state index contributed by atoms with van der Waals surface area (Å²) < 4.78 is 0. The van der Waals surface area contributed by atoms with Crippen molar-refractivity contribution in [2.75, 3.05) is 13.1 Å². The van der Waals surface area contributed by atoms with E-state index in [0.29, 0.717) is 6.04 Å². The summed E-state index contributed by atoms with van der Waals surface area (Å²) in [5.41, 5.74) is 6.24. The number of allylic oxidation sites excluding steroid dienone is 2. The van der Waals surface area contributed by atoms with Crippen molar-refractivity contribution in [1.29, 1.82) is 0 Å². The molecule has 2 aromatic rings. The average molecular weight is 332 g/mol. The molecule has 2 aliphatic rings. The summed E-state index contributed by atoms with van der Waals surface area (Å²) in [6, 6.07) is 14.1. The zero-order valence-electron chi connectivity index (χ0n) is 15.6. The third kappa shape index (κ3) is 2.95. The first-order chi connectivity index (χ1) is 12.3. The highest BCUT2D eigenvalue weighted by atomic mass is 15.1. The fourth-order valence-electron chi connectivity index (χ4n) is 4.79. The molecule has 0 aliphatic heterocycles. The SMILES string of the molecule is CCCN(CCC)C1CC=CC2=C1CCc1c2ccc2ccccc12. The van der Waals surface area contributed by atoms with Gasteiger partial charge in [0, 0.05) is 6.04 Å². The third-order valence-electron chi connectivity index (χ3n) is 5.83. The number of benzene rings is 2. The van der Waals surface area contributed by atoms with Crippen LogP contribution in [0.2, 0.25) is 0 Å². The van der Waals surface area contributed by atoms with Crippen LogP contribution < -0.4 is 0 Å². The maximum Gasteiger partial charge on any atom is 0.0351 e. The van der Waals surface area contributed by atoms with Crippen molar-refractivity contribution in [2.24, 2.45) is 0 Å². The Morgan fingerprint density at radius 3 is 2.56 bits per heavy atom. The molecule has 0 spiro atoms. The molecule has 1 unspecified atom stereocenters. The maximum absolute atomic E-state index is 2.73. The van der Waals surface area contributed by atoms with Gasteiger partial charge < -0.3 is 0 Å². The summed E-state index contributed by atoms with van der Waals surface area (Å²) in [6.07, 6.45) is 10.9. The predicted octanol–water partition coefficient (Wildman–Crippen LogP) is 5.99. The van der Waals surface area contributed by atoms with E-state index in [0.717, 1.165) is 0 Å². The quantitative estimate of drug-likeness (QED) is 0.650. The monoisotopic (exact) mass is 331 g/mol. The zero-order chi connectivity index (χ0) is 17.2. The van der Waals surface area contributed by atoms with Crippen LogP contribution in [0.5, 0.6) is 0 Å². The van der Waals surface area contributed by atoms with Crippen LogP contribution in [-0.2, 0) is 6.42 Å². The fourth-order valence-corrected chi connectivity index (χ4v) is 4.79. The van der Waals surface area contributed by atoms with Crippen LogP contribution in [0.25, 0.3) is 16.3 Å². The van der Waals surface area contributed by atoms with E-state index in [-0.39, 0.29) is 0 Å². The van der Waals surface area contributed by atoms with Crippen molar-refractivity contribution in [2.45, 2.75) is 52.0 Å². The molecule has 0 saturated carbocycles. The first-order valence-corrected chi connectivity index (χ1v) is 9.98. The van der Waals surface area contributed by atoms with Crippen molar-refractivity contribution >= 4 is 16.3 Å². The highest BCUT2D eigenvalue weighted by Crippen LogP contribution is 2.41. The summed E-state index contributed by atoms with van der Waals surface area (Å²) in [6.45, 7) is 7.04. The molecule has 0 fully saturated rings. The second kappa shape index (κ2) is 7.17.